The number of hydrogen-bond donors (Lipinski definition) is 1. The summed E-state index contributed by atoms with van der Waals surface area (Å²) >= 11 is 0. The van der Waals surface area contributed by atoms with Crippen LogP contribution >= 0.6 is 0 Å². The molecule has 1 aliphatic heterocycles. The molecule has 0 bridgehead atoms. The van der Waals surface area contributed by atoms with E-state index >= 15 is 0 Å². The van der Waals surface area contributed by atoms with Crippen molar-refractivity contribution in [2.75, 3.05) is 5.32 Å². The second-order valence-corrected chi connectivity index (χ2v) is 6.64. The highest BCUT2D eigenvalue weighted by Crippen LogP contribution is 2.38. The van der Waals surface area contributed by atoms with E-state index in [9.17, 15) is 49.5 Å². The lowest BCUT2D eigenvalue weighted by atomic mass is 10.1. The number of benzene rings is 2. The fraction of sp³-hybridized carbons (Fsp3) is 0.211. The topological polar surface area (TPSA) is 66.5 Å². The van der Waals surface area contributed by atoms with Crippen molar-refractivity contribution < 1.29 is 49.5 Å². The molecule has 0 saturated carbocycles. The molecule has 2 aromatic rings. The van der Waals surface area contributed by atoms with E-state index in [2.05, 4.69) is 0 Å². The summed E-state index contributed by atoms with van der Waals surface area (Å²) in [6, 6.07) is 2.73. The molecule has 170 valence electrons. The van der Waals surface area contributed by atoms with E-state index in [1.54, 1.807) is 0 Å². The molecule has 1 heterocycles. The summed E-state index contributed by atoms with van der Waals surface area (Å²) in [5.74, 6) is -15.0. The number of hydrogen-bond acceptors (Lipinski definition) is 3. The molecule has 5 nitrogen and oxygen atoms in total. The summed E-state index contributed by atoms with van der Waals surface area (Å²) in [7, 11) is 0. The van der Waals surface area contributed by atoms with E-state index in [0.29, 0.717) is 6.92 Å². The van der Waals surface area contributed by atoms with Gasteiger partial charge in [0.25, 0.3) is 17.7 Å². The van der Waals surface area contributed by atoms with Crippen LogP contribution in [0.3, 0.4) is 0 Å². The predicted molar refractivity (Wildman–Crippen MR) is 91.2 cm³/mol. The van der Waals surface area contributed by atoms with E-state index in [0.717, 1.165) is 0 Å². The van der Waals surface area contributed by atoms with Crippen molar-refractivity contribution in [3.8, 4) is 0 Å². The molecule has 0 aliphatic carbocycles. The lowest BCUT2D eigenvalue weighted by Gasteiger charge is -2.26. The summed E-state index contributed by atoms with van der Waals surface area (Å²) in [4.78, 5) is 37.6. The van der Waals surface area contributed by atoms with Crippen LogP contribution in [0, 0.1) is 23.3 Å². The van der Waals surface area contributed by atoms with Crippen LogP contribution in [0.15, 0.2) is 24.3 Å². The Morgan fingerprint density at radius 3 is 1.72 bits per heavy atom. The second-order valence-electron chi connectivity index (χ2n) is 6.64. The third kappa shape index (κ3) is 3.56. The van der Waals surface area contributed by atoms with Crippen molar-refractivity contribution >= 4 is 23.4 Å². The molecule has 32 heavy (non-hydrogen) atoms. The zero-order valence-corrected chi connectivity index (χ0v) is 15.7. The number of anilines is 1. The number of fused-ring (bicyclic) bond motifs is 1. The number of imide groups is 1. The Kier molecular flexibility index (Phi) is 5.70. The first kappa shape index (κ1) is 23.2. The molecule has 0 aromatic heterocycles. The molecule has 1 N–H and O–H groups in total. The molecule has 1 aliphatic rings. The smallest absolute Gasteiger partial charge is 0.319 e. The number of nitrogens with one attached hydrogen (secondary N) is 1. The van der Waals surface area contributed by atoms with Gasteiger partial charge in [0.15, 0.2) is 23.3 Å². The quantitative estimate of drug-likeness (QED) is 0.417. The maximum Gasteiger partial charge on any atom is 0.422 e. The van der Waals surface area contributed by atoms with Gasteiger partial charge in [0, 0.05) is 0 Å². The highest BCUT2D eigenvalue weighted by molar-refractivity contribution is 6.23. The fourth-order valence-electron chi connectivity index (χ4n) is 3.18. The van der Waals surface area contributed by atoms with Crippen molar-refractivity contribution in [1.29, 1.82) is 0 Å². The Morgan fingerprint density at radius 2 is 1.34 bits per heavy atom. The van der Waals surface area contributed by atoms with Gasteiger partial charge in [-0.15, -0.1) is 0 Å². The highest BCUT2D eigenvalue weighted by atomic mass is 19.4. The van der Waals surface area contributed by atoms with Gasteiger partial charge in [-0.25, -0.2) is 22.0 Å². The fourth-order valence-corrected chi connectivity index (χ4v) is 3.18. The molecule has 0 unspecified atom stereocenters. The summed E-state index contributed by atoms with van der Waals surface area (Å²) < 4.78 is 108. The number of amides is 3. The van der Waals surface area contributed by atoms with E-state index < -0.39 is 70.6 Å². The number of rotatable bonds is 4. The molecule has 0 saturated heterocycles. The Bertz CT molecular complexity index is 1080. The van der Waals surface area contributed by atoms with Gasteiger partial charge in [-0.05, 0) is 19.1 Å². The number of halogens is 8. The van der Waals surface area contributed by atoms with Gasteiger partial charge in [0.05, 0.1) is 11.1 Å². The van der Waals surface area contributed by atoms with Crippen LogP contribution in [0.4, 0.5) is 40.8 Å². The zero-order chi connectivity index (χ0) is 24.1. The standard InChI is InChI=1S/C19H10F8N2O3/c1-6(20)15(29-17(31)7-4-2-3-5-8(7)18(29)32)16(30)28-14-12(23)10(21)9(19(25,26)27)11(22)13(14)24/h2-6,15H,1H3,(H,28,30)/t6-,15-/m0/s1. The van der Waals surface area contributed by atoms with E-state index in [1.807, 2.05) is 0 Å². The van der Waals surface area contributed by atoms with Crippen molar-refractivity contribution in [3.05, 3.63) is 64.2 Å². The van der Waals surface area contributed by atoms with Crippen molar-refractivity contribution in [2.24, 2.45) is 0 Å². The minimum Gasteiger partial charge on any atom is -0.319 e. The van der Waals surface area contributed by atoms with Crippen LogP contribution in [0.2, 0.25) is 0 Å². The lowest BCUT2D eigenvalue weighted by molar-refractivity contribution is -0.143. The minimum absolute atomic E-state index is 0.136. The van der Waals surface area contributed by atoms with Crippen LogP contribution < -0.4 is 5.32 Å². The van der Waals surface area contributed by atoms with E-state index in [1.165, 1.54) is 29.6 Å². The predicted octanol–water partition coefficient (Wildman–Crippen LogP) is 4.22. The Balaban J connectivity index is 2.02. The molecule has 3 rings (SSSR count). The molecular weight excluding hydrogens is 456 g/mol. The van der Waals surface area contributed by atoms with Crippen LogP contribution in [0.25, 0.3) is 0 Å². The molecule has 2 atom stereocenters. The van der Waals surface area contributed by atoms with Crippen molar-refractivity contribution in [1.82, 2.24) is 4.90 Å². The first-order valence-corrected chi connectivity index (χ1v) is 8.64. The Hall–Kier alpha value is -3.51. The SMILES string of the molecule is C[C@H](F)[C@@H](C(=O)Nc1c(F)c(F)c(C(F)(F)F)c(F)c1F)N1C(=O)c2ccccc2C1=O. The zero-order valence-electron chi connectivity index (χ0n) is 15.7. The third-order valence-corrected chi connectivity index (χ3v) is 4.60. The van der Waals surface area contributed by atoms with Gasteiger partial charge in [-0.3, -0.25) is 19.3 Å². The average Bonchev–Trinajstić information content (AvgIpc) is 2.94. The summed E-state index contributed by atoms with van der Waals surface area (Å²) in [6.45, 7) is 0.703. The number of carbonyl (C=O) groups excluding carboxylic acids is 3. The van der Waals surface area contributed by atoms with E-state index in [4.69, 9.17) is 0 Å². The first-order chi connectivity index (χ1) is 14.8. The molecule has 0 spiro atoms. The highest BCUT2D eigenvalue weighted by Gasteiger charge is 2.47. The second kappa shape index (κ2) is 7.88. The van der Waals surface area contributed by atoms with Crippen LogP contribution in [-0.2, 0) is 11.0 Å². The van der Waals surface area contributed by atoms with Gasteiger partial charge in [-0.2, -0.15) is 13.2 Å². The van der Waals surface area contributed by atoms with Crippen LogP contribution in [0.1, 0.15) is 33.2 Å². The molecule has 2 aromatic carbocycles. The Morgan fingerprint density at radius 1 is 0.906 bits per heavy atom. The molecule has 0 radical (unpaired) electrons. The normalized spacial score (nSPS) is 15.6. The summed E-state index contributed by atoms with van der Waals surface area (Å²) in [6.07, 6.45) is -8.17. The van der Waals surface area contributed by atoms with Crippen LogP contribution in [0.5, 0.6) is 0 Å². The monoisotopic (exact) mass is 466 g/mol. The largest absolute Gasteiger partial charge is 0.422 e. The molecule has 0 fully saturated rings. The van der Waals surface area contributed by atoms with E-state index in [-0.39, 0.29) is 16.0 Å². The lowest BCUT2D eigenvalue weighted by Crippen LogP contribution is -2.51. The number of carbonyl (C=O) groups is 3. The minimum atomic E-state index is -5.81. The first-order valence-electron chi connectivity index (χ1n) is 8.64. The van der Waals surface area contributed by atoms with Gasteiger partial charge in [-0.1, -0.05) is 12.1 Å². The van der Waals surface area contributed by atoms with Crippen molar-refractivity contribution in [3.63, 3.8) is 0 Å². The summed E-state index contributed by atoms with van der Waals surface area (Å²) in [5, 5.41) is 1.24. The van der Waals surface area contributed by atoms with Gasteiger partial charge < -0.3 is 5.32 Å². The molecule has 3 amide bonds. The summed E-state index contributed by atoms with van der Waals surface area (Å²) in [5.41, 5.74) is -5.28. The van der Waals surface area contributed by atoms with Gasteiger partial charge in [0.1, 0.15) is 23.5 Å². The van der Waals surface area contributed by atoms with Gasteiger partial charge >= 0.3 is 6.18 Å². The Labute approximate surface area is 173 Å². The molecule has 13 heteroatoms. The molecular formula is C19H10F8N2O3. The maximum atomic E-state index is 14.2. The maximum absolute atomic E-state index is 14.2. The average molecular weight is 466 g/mol. The van der Waals surface area contributed by atoms with Crippen LogP contribution in [-0.4, -0.2) is 34.8 Å². The number of alkyl halides is 4. The number of nitrogens with zero attached hydrogens (tertiary/aromatic N) is 1. The van der Waals surface area contributed by atoms with Crippen molar-refractivity contribution in [2.45, 2.75) is 25.3 Å². The third-order valence-electron chi connectivity index (χ3n) is 4.60. The van der Waals surface area contributed by atoms with Gasteiger partial charge in [0.2, 0.25) is 0 Å².